The summed E-state index contributed by atoms with van der Waals surface area (Å²) in [5.74, 6) is -0.133. The Labute approximate surface area is 428 Å². The van der Waals surface area contributed by atoms with Gasteiger partial charge in [0.15, 0.2) is 0 Å². The zero-order valence-electron chi connectivity index (χ0n) is 42.2. The van der Waals surface area contributed by atoms with Crippen molar-refractivity contribution in [1.29, 1.82) is 0 Å². The van der Waals surface area contributed by atoms with Gasteiger partial charge in [-0.05, 0) is 148 Å². The molecule has 8 nitrogen and oxygen atoms in total. The van der Waals surface area contributed by atoms with Gasteiger partial charge in [-0.2, -0.15) is 0 Å². The Morgan fingerprint density at radius 1 is 0.452 bits per heavy atom. The van der Waals surface area contributed by atoms with E-state index in [1.165, 1.54) is 44.5 Å². The lowest BCUT2D eigenvalue weighted by Crippen LogP contribution is -2.16. The maximum atomic E-state index is 15.2. The number of ether oxygens (including phenoxy) is 2. The molecule has 0 saturated heterocycles. The fourth-order valence-corrected chi connectivity index (χ4v) is 13.1. The van der Waals surface area contributed by atoms with Crippen LogP contribution in [0.2, 0.25) is 0 Å². The van der Waals surface area contributed by atoms with Gasteiger partial charge in [-0.3, -0.25) is 4.79 Å². The van der Waals surface area contributed by atoms with E-state index in [0.29, 0.717) is 48.4 Å². The zero-order valence-corrected chi connectivity index (χ0v) is 43.0. The standard InChI is InChI=1S/C64H58N2O6S/c1-41(67)15-16-42-17-22-44(23-18-42)65(46-26-30-52-50-11-7-9-13-56(50)63(2,3)58(52)37-46)48-28-32-54-55-33-29-49(40-61(55)73(69,70)60(54)39-48)66(45-24-19-43(20-25-45)21-34-62(68)72-36-35-71-6)47-27-31-53-51-12-8-10-14-57(51)64(4,5)59(53)38-47/h7-14,17-20,22-33,37-40H,15-16,21,34-36H2,1-6H3. The normalized spacial score (nSPS) is 14.5. The van der Waals surface area contributed by atoms with Crippen LogP contribution in [-0.2, 0) is 52.6 Å². The molecule has 0 saturated carbocycles. The Bertz CT molecular complexity index is 3610. The summed E-state index contributed by atoms with van der Waals surface area (Å²) in [6.07, 6.45) is 1.87. The SMILES string of the molecule is COCCOC(=O)CCc1ccc(N(c2ccc3c(c2)C(C)(C)c2ccccc2-3)c2ccc3c(c2)S(=O)(=O)c2cc(N(c4ccc(CCC(C)=O)cc4)c4ccc5c(c4)C(C)(C)c4ccccc4-5)ccc2-3)cc1. The maximum Gasteiger partial charge on any atom is 0.306 e. The zero-order chi connectivity index (χ0) is 50.8. The molecule has 8 aromatic rings. The second kappa shape index (κ2) is 18.5. The molecule has 0 atom stereocenters. The first-order chi connectivity index (χ1) is 35.1. The van der Waals surface area contributed by atoms with E-state index in [9.17, 15) is 9.59 Å². The van der Waals surface area contributed by atoms with Gasteiger partial charge < -0.3 is 24.1 Å². The number of carbonyl (C=O) groups excluding carboxylic acids is 2. The number of nitrogens with zero attached hydrogens (tertiary/aromatic N) is 2. The van der Waals surface area contributed by atoms with Crippen LogP contribution in [0.5, 0.6) is 0 Å². The average molecular weight is 983 g/mol. The summed E-state index contributed by atoms with van der Waals surface area (Å²) < 4.78 is 40.8. The monoisotopic (exact) mass is 982 g/mol. The predicted octanol–water partition coefficient (Wildman–Crippen LogP) is 14.7. The molecule has 0 amide bonds. The largest absolute Gasteiger partial charge is 0.463 e. The number of sulfone groups is 1. The minimum Gasteiger partial charge on any atom is -0.463 e. The first-order valence-electron chi connectivity index (χ1n) is 25.1. The van der Waals surface area contributed by atoms with Gasteiger partial charge >= 0.3 is 5.97 Å². The third-order valence-electron chi connectivity index (χ3n) is 15.3. The molecular weight excluding hydrogens is 925 g/mol. The number of carbonyl (C=O) groups is 2. The molecule has 0 N–H and O–H groups in total. The van der Waals surface area contributed by atoms with E-state index in [0.717, 1.165) is 33.9 Å². The van der Waals surface area contributed by atoms with Crippen molar-refractivity contribution in [1.82, 2.24) is 0 Å². The third kappa shape index (κ3) is 8.34. The fraction of sp³-hybridized carbons (Fsp3) is 0.219. The summed E-state index contributed by atoms with van der Waals surface area (Å²) in [7, 11) is -2.45. The van der Waals surface area contributed by atoms with Gasteiger partial charge in [-0.1, -0.05) is 125 Å². The summed E-state index contributed by atoms with van der Waals surface area (Å²) >= 11 is 0. The van der Waals surface area contributed by atoms with E-state index >= 15 is 8.42 Å². The van der Waals surface area contributed by atoms with Gasteiger partial charge in [0.25, 0.3) is 0 Å². The van der Waals surface area contributed by atoms with Crippen LogP contribution in [0.1, 0.15) is 80.8 Å². The number of hydrogen-bond acceptors (Lipinski definition) is 8. The van der Waals surface area contributed by atoms with Gasteiger partial charge in [0.2, 0.25) is 9.84 Å². The van der Waals surface area contributed by atoms with E-state index < -0.39 is 9.84 Å². The molecule has 73 heavy (non-hydrogen) atoms. The number of methoxy groups -OCH3 is 1. The number of aryl methyl sites for hydroxylation is 2. The van der Waals surface area contributed by atoms with E-state index in [4.69, 9.17) is 9.47 Å². The molecule has 1 heterocycles. The van der Waals surface area contributed by atoms with E-state index in [-0.39, 0.29) is 45.4 Å². The molecule has 8 aromatic carbocycles. The van der Waals surface area contributed by atoms with Gasteiger partial charge in [-0.15, -0.1) is 0 Å². The smallest absolute Gasteiger partial charge is 0.306 e. The Morgan fingerprint density at radius 3 is 1.27 bits per heavy atom. The second-order valence-electron chi connectivity index (χ2n) is 20.6. The molecule has 9 heteroatoms. The van der Waals surface area contributed by atoms with Crippen LogP contribution in [0, 0.1) is 0 Å². The molecule has 11 rings (SSSR count). The minimum atomic E-state index is -4.02. The minimum absolute atomic E-state index is 0.145. The number of ketones is 1. The number of Topliss-reactive ketones (excluding diaryl/α,β-unsaturated/α-hetero) is 1. The highest BCUT2D eigenvalue weighted by Crippen LogP contribution is 2.54. The van der Waals surface area contributed by atoms with Gasteiger partial charge in [-0.25, -0.2) is 8.42 Å². The second-order valence-corrected chi connectivity index (χ2v) is 22.5. The van der Waals surface area contributed by atoms with Crippen LogP contribution < -0.4 is 9.80 Å². The summed E-state index contributed by atoms with van der Waals surface area (Å²) in [4.78, 5) is 29.1. The van der Waals surface area contributed by atoms with Crippen LogP contribution >= 0.6 is 0 Å². The molecule has 1 aliphatic heterocycles. The van der Waals surface area contributed by atoms with Crippen LogP contribution in [0.25, 0.3) is 33.4 Å². The van der Waals surface area contributed by atoms with Crippen molar-refractivity contribution in [2.45, 2.75) is 80.9 Å². The van der Waals surface area contributed by atoms with Crippen LogP contribution in [-0.4, -0.2) is 40.5 Å². The topological polar surface area (TPSA) is 93.2 Å². The lowest BCUT2D eigenvalue weighted by atomic mass is 9.82. The highest BCUT2D eigenvalue weighted by Gasteiger charge is 2.39. The molecule has 3 aliphatic rings. The highest BCUT2D eigenvalue weighted by molar-refractivity contribution is 7.92. The Hall–Kier alpha value is -7.59. The highest BCUT2D eigenvalue weighted by atomic mass is 32.2. The van der Waals surface area contributed by atoms with Crippen molar-refractivity contribution >= 4 is 55.7 Å². The molecule has 366 valence electrons. The lowest BCUT2D eigenvalue weighted by Gasteiger charge is -2.28. The van der Waals surface area contributed by atoms with E-state index in [1.54, 1.807) is 14.0 Å². The van der Waals surface area contributed by atoms with Crippen molar-refractivity contribution in [3.63, 3.8) is 0 Å². The van der Waals surface area contributed by atoms with Crippen LogP contribution in [0.3, 0.4) is 0 Å². The first kappa shape index (κ1) is 47.7. The summed E-state index contributed by atoms with van der Waals surface area (Å²) in [5, 5.41) is 0. The molecule has 0 radical (unpaired) electrons. The fourth-order valence-electron chi connectivity index (χ4n) is 11.4. The maximum absolute atomic E-state index is 15.2. The molecule has 2 aliphatic carbocycles. The molecule has 0 spiro atoms. The number of hydrogen-bond donors (Lipinski definition) is 0. The summed E-state index contributed by atoms with van der Waals surface area (Å²) in [6, 6.07) is 58.1. The molecule has 0 fully saturated rings. The molecular formula is C64H58N2O6S. The lowest BCUT2D eigenvalue weighted by molar-refractivity contribution is -0.144. The van der Waals surface area contributed by atoms with Gasteiger partial charge in [0, 0.05) is 76.0 Å². The van der Waals surface area contributed by atoms with Crippen LogP contribution in [0.15, 0.2) is 180 Å². The average Bonchev–Trinajstić information content (AvgIpc) is 3.87. The number of fused-ring (bicyclic) bond motifs is 9. The molecule has 0 bridgehead atoms. The molecule has 0 unspecified atom stereocenters. The predicted molar refractivity (Wildman–Crippen MR) is 292 cm³/mol. The third-order valence-corrected chi connectivity index (χ3v) is 17.1. The van der Waals surface area contributed by atoms with Crippen molar-refractivity contribution in [3.05, 3.63) is 203 Å². The summed E-state index contributed by atoms with van der Waals surface area (Å²) in [5.41, 5.74) is 17.6. The Morgan fingerprint density at radius 2 is 0.836 bits per heavy atom. The Kier molecular flexibility index (Phi) is 12.1. The number of rotatable bonds is 15. The first-order valence-corrected chi connectivity index (χ1v) is 26.6. The van der Waals surface area contributed by atoms with Gasteiger partial charge in [0.1, 0.15) is 12.4 Å². The van der Waals surface area contributed by atoms with Crippen molar-refractivity contribution < 1.29 is 27.5 Å². The van der Waals surface area contributed by atoms with Crippen LogP contribution in [0.4, 0.5) is 34.1 Å². The summed E-state index contributed by atoms with van der Waals surface area (Å²) in [6.45, 7) is 11.2. The van der Waals surface area contributed by atoms with Crippen molar-refractivity contribution in [2.75, 3.05) is 30.1 Å². The van der Waals surface area contributed by atoms with Crippen molar-refractivity contribution in [2.24, 2.45) is 0 Å². The number of anilines is 6. The number of benzene rings is 8. The number of esters is 1. The Balaban J connectivity index is 0.981. The van der Waals surface area contributed by atoms with E-state index in [1.807, 2.05) is 60.7 Å². The molecule has 0 aromatic heterocycles. The quantitative estimate of drug-likeness (QED) is 0.0741. The van der Waals surface area contributed by atoms with E-state index in [2.05, 4.69) is 147 Å². The van der Waals surface area contributed by atoms with Gasteiger partial charge in [0.05, 0.1) is 16.4 Å². The van der Waals surface area contributed by atoms with Crippen molar-refractivity contribution in [3.8, 4) is 33.4 Å².